The summed E-state index contributed by atoms with van der Waals surface area (Å²) in [5.74, 6) is 0.120. The first kappa shape index (κ1) is 15.0. The molecule has 1 amide bonds. The fourth-order valence-corrected chi connectivity index (χ4v) is 3.47. The molecule has 1 unspecified atom stereocenters. The summed E-state index contributed by atoms with van der Waals surface area (Å²) in [5.41, 5.74) is 5.69. The van der Waals surface area contributed by atoms with Crippen LogP contribution in [0.3, 0.4) is 0 Å². The molecule has 1 aromatic rings. The Balaban J connectivity index is 2.51. The zero-order valence-corrected chi connectivity index (χ0v) is 11.5. The second-order valence-corrected chi connectivity index (χ2v) is 7.61. The van der Waals surface area contributed by atoms with E-state index in [9.17, 15) is 13.8 Å². The molecule has 0 spiro atoms. The number of carbonyl (C=O) groups is 1. The lowest BCUT2D eigenvalue weighted by molar-refractivity contribution is 0.217. The van der Waals surface area contributed by atoms with Crippen LogP contribution in [0, 0.1) is 5.82 Å². The fourth-order valence-electron chi connectivity index (χ4n) is 1.03. The number of hydrogen-bond donors (Lipinski definition) is 2. The molecule has 18 heavy (non-hydrogen) atoms. The van der Waals surface area contributed by atoms with Crippen LogP contribution in [0.4, 0.5) is 14.9 Å². The zero-order valence-electron chi connectivity index (χ0n) is 9.76. The molecule has 0 heterocycles. The summed E-state index contributed by atoms with van der Waals surface area (Å²) in [6, 6.07) is 5.08. The molecule has 100 valence electrons. The highest BCUT2D eigenvalue weighted by molar-refractivity contribution is 8.56. The normalized spacial score (nSPS) is 13.7. The van der Waals surface area contributed by atoms with Gasteiger partial charge in [-0.25, -0.2) is 19.3 Å². The van der Waals surface area contributed by atoms with Gasteiger partial charge in [0.1, 0.15) is 5.82 Å². The van der Waals surface area contributed by atoms with Gasteiger partial charge in [-0.15, -0.1) is 0 Å². The minimum atomic E-state index is -3.48. The molecule has 0 fully saturated rings. The van der Waals surface area contributed by atoms with Gasteiger partial charge in [-0.2, -0.15) is 0 Å². The van der Waals surface area contributed by atoms with Crippen LogP contribution in [-0.4, -0.2) is 11.8 Å². The van der Waals surface area contributed by atoms with Gasteiger partial charge in [0.2, 0.25) is 0 Å². The quantitative estimate of drug-likeness (QED) is 0.810. The third-order valence-corrected chi connectivity index (χ3v) is 5.00. The molecule has 0 aliphatic heterocycles. The maximum absolute atomic E-state index is 12.6. The second-order valence-electron chi connectivity index (χ2n) is 3.38. The van der Waals surface area contributed by atoms with Crippen LogP contribution in [0.25, 0.3) is 0 Å². The Morgan fingerprint density at radius 1 is 1.50 bits per heavy atom. The third-order valence-electron chi connectivity index (χ3n) is 1.78. The summed E-state index contributed by atoms with van der Waals surface area (Å²) in [5, 5.41) is 2.31. The van der Waals surface area contributed by atoms with Gasteiger partial charge >= 0.3 is 12.8 Å². The lowest BCUT2D eigenvalue weighted by Crippen LogP contribution is -2.14. The molecule has 0 radical (unpaired) electrons. The highest BCUT2D eigenvalue weighted by atomic mass is 32.7. The molecule has 1 atom stereocenters. The molecular weight excluding hydrogens is 278 g/mol. The topological polar surface area (TPSA) is 81.4 Å². The van der Waals surface area contributed by atoms with Gasteiger partial charge < -0.3 is 4.52 Å². The van der Waals surface area contributed by atoms with Crippen LogP contribution >= 0.6 is 18.1 Å². The molecular formula is C10H14FN2O3PS. The number of anilines is 1. The molecule has 0 bridgehead atoms. The minimum Gasteiger partial charge on any atom is -0.376 e. The van der Waals surface area contributed by atoms with Crippen LogP contribution < -0.4 is 10.8 Å². The number of halogens is 1. The van der Waals surface area contributed by atoms with E-state index in [1.807, 2.05) is 6.92 Å². The van der Waals surface area contributed by atoms with Crippen molar-refractivity contribution in [2.24, 2.45) is 5.50 Å². The Kier molecular flexibility index (Phi) is 5.65. The molecule has 0 aliphatic carbocycles. The van der Waals surface area contributed by atoms with E-state index in [0.717, 1.165) is 17.8 Å². The number of benzene rings is 1. The summed E-state index contributed by atoms with van der Waals surface area (Å²) < 4.78 is 28.9. The lowest BCUT2D eigenvalue weighted by Gasteiger charge is -2.12. The van der Waals surface area contributed by atoms with Gasteiger partial charge in [-0.05, 0) is 42.1 Å². The minimum absolute atomic E-state index is 0.335. The highest BCUT2D eigenvalue weighted by Gasteiger charge is 2.22. The third kappa shape index (κ3) is 5.53. The zero-order chi connectivity index (χ0) is 13.6. The molecule has 0 aromatic heterocycles. The maximum atomic E-state index is 12.6. The van der Waals surface area contributed by atoms with Crippen LogP contribution in [0.2, 0.25) is 0 Å². The molecule has 5 nitrogen and oxygen atoms in total. The number of rotatable bonds is 5. The van der Waals surface area contributed by atoms with Crippen molar-refractivity contribution in [3.63, 3.8) is 0 Å². The molecule has 0 saturated carbocycles. The summed E-state index contributed by atoms with van der Waals surface area (Å²) in [6.07, 6.45) is -0.148. The van der Waals surface area contributed by atoms with Crippen molar-refractivity contribution in [2.75, 3.05) is 11.1 Å². The van der Waals surface area contributed by atoms with Crippen molar-refractivity contribution < 1.29 is 18.3 Å². The number of nitrogens with one attached hydrogen (secondary N) is 1. The van der Waals surface area contributed by atoms with Crippen molar-refractivity contribution in [1.29, 1.82) is 0 Å². The SMILES string of the molecule is CCCSP(N)(=O)OC(=O)Nc1ccc(F)cc1. The predicted octanol–water partition coefficient (Wildman–Crippen LogP) is 3.58. The predicted molar refractivity (Wildman–Crippen MR) is 71.0 cm³/mol. The summed E-state index contributed by atoms with van der Waals surface area (Å²) in [7, 11) is 0. The molecule has 1 rings (SSSR count). The van der Waals surface area contributed by atoms with Gasteiger partial charge in [0.15, 0.2) is 0 Å². The van der Waals surface area contributed by atoms with E-state index >= 15 is 0 Å². The lowest BCUT2D eigenvalue weighted by atomic mass is 10.3. The highest BCUT2D eigenvalue weighted by Crippen LogP contribution is 2.52. The average molecular weight is 292 g/mol. The number of carbonyl (C=O) groups excluding carboxylic acids is 1. The van der Waals surface area contributed by atoms with Crippen molar-refractivity contribution in [1.82, 2.24) is 0 Å². The first-order valence-corrected chi connectivity index (χ1v) is 8.50. The molecule has 1 aromatic carbocycles. The van der Waals surface area contributed by atoms with Gasteiger partial charge in [-0.1, -0.05) is 6.92 Å². The molecule has 0 aliphatic rings. The molecule has 0 saturated heterocycles. The first-order chi connectivity index (χ1) is 8.43. The van der Waals surface area contributed by atoms with Crippen LogP contribution in [0.5, 0.6) is 0 Å². The average Bonchev–Trinajstić information content (AvgIpc) is 2.29. The van der Waals surface area contributed by atoms with E-state index in [1.165, 1.54) is 24.3 Å². The smallest absolute Gasteiger partial charge is 0.376 e. The van der Waals surface area contributed by atoms with Gasteiger partial charge in [-0.3, -0.25) is 5.32 Å². The fraction of sp³-hybridized carbons (Fsp3) is 0.300. The Morgan fingerprint density at radius 3 is 2.67 bits per heavy atom. The van der Waals surface area contributed by atoms with Crippen molar-refractivity contribution >= 4 is 29.9 Å². The van der Waals surface area contributed by atoms with Crippen LogP contribution in [0.1, 0.15) is 13.3 Å². The first-order valence-electron chi connectivity index (χ1n) is 5.22. The van der Waals surface area contributed by atoms with Crippen LogP contribution in [0.15, 0.2) is 24.3 Å². The van der Waals surface area contributed by atoms with Crippen LogP contribution in [-0.2, 0) is 9.09 Å². The van der Waals surface area contributed by atoms with E-state index in [1.54, 1.807) is 0 Å². The Bertz CT molecular complexity index is 455. The summed E-state index contributed by atoms with van der Waals surface area (Å²) in [4.78, 5) is 11.4. The Labute approximate surface area is 109 Å². The van der Waals surface area contributed by atoms with E-state index in [0.29, 0.717) is 11.4 Å². The largest absolute Gasteiger partial charge is 0.418 e. The molecule has 8 heteroatoms. The Hall–Kier alpha value is -1.04. The summed E-state index contributed by atoms with van der Waals surface area (Å²) >= 11 is 0.910. The van der Waals surface area contributed by atoms with Gasteiger partial charge in [0.25, 0.3) is 0 Å². The van der Waals surface area contributed by atoms with Gasteiger partial charge in [0.05, 0.1) is 0 Å². The maximum Gasteiger partial charge on any atom is 0.418 e. The number of amides is 1. The van der Waals surface area contributed by atoms with E-state index < -0.39 is 18.6 Å². The summed E-state index contributed by atoms with van der Waals surface area (Å²) in [6.45, 7) is -1.59. The van der Waals surface area contributed by atoms with E-state index in [-0.39, 0.29) is 0 Å². The second kappa shape index (κ2) is 6.78. The Morgan fingerprint density at radius 2 is 2.11 bits per heavy atom. The standard InChI is InChI=1S/C10H14FN2O3PS/c1-2-7-18-17(12,15)16-10(14)13-9-5-3-8(11)4-6-9/h3-6H,2,7H2,1H3,(H2,12,15)(H,13,14). The molecule has 3 N–H and O–H groups in total. The number of nitrogens with two attached hydrogens (primary N) is 1. The van der Waals surface area contributed by atoms with Crippen molar-refractivity contribution in [3.8, 4) is 0 Å². The van der Waals surface area contributed by atoms with Crippen molar-refractivity contribution in [3.05, 3.63) is 30.1 Å². The van der Waals surface area contributed by atoms with Gasteiger partial charge in [0, 0.05) is 11.4 Å². The monoisotopic (exact) mass is 292 g/mol. The number of hydrogen-bond acceptors (Lipinski definition) is 4. The van der Waals surface area contributed by atoms with Crippen molar-refractivity contribution in [2.45, 2.75) is 13.3 Å². The van der Waals surface area contributed by atoms with E-state index in [2.05, 4.69) is 9.84 Å². The van der Waals surface area contributed by atoms with E-state index in [4.69, 9.17) is 5.50 Å².